The Morgan fingerprint density at radius 1 is 1.15 bits per heavy atom. The van der Waals surface area contributed by atoms with Crippen molar-refractivity contribution in [3.63, 3.8) is 0 Å². The van der Waals surface area contributed by atoms with Crippen LogP contribution in [0.3, 0.4) is 0 Å². The number of thiazole rings is 1. The van der Waals surface area contributed by atoms with E-state index in [1.165, 1.54) is 35.6 Å². The highest BCUT2D eigenvalue weighted by Gasteiger charge is 2.10. The van der Waals surface area contributed by atoms with Gasteiger partial charge >= 0.3 is 0 Å². The molecule has 26 heavy (non-hydrogen) atoms. The number of carbonyl (C=O) groups excluding carboxylic acids is 1. The molecule has 0 unspecified atom stereocenters. The van der Waals surface area contributed by atoms with Crippen molar-refractivity contribution < 1.29 is 9.18 Å². The lowest BCUT2D eigenvalue weighted by Gasteiger charge is -2.01. The van der Waals surface area contributed by atoms with Crippen molar-refractivity contribution in [1.82, 2.24) is 4.98 Å². The van der Waals surface area contributed by atoms with Crippen LogP contribution < -0.4 is 5.32 Å². The standard InChI is InChI=1S/C18H10Cl3FN2OS/c19-10-4-5-12(14(21)8-10)16-9-26-18(23-16)24-17(25)7-6-11-13(20)2-1-3-15(11)22/h1-9H,(H,23,24,25). The number of halogens is 4. The van der Waals surface area contributed by atoms with E-state index in [9.17, 15) is 9.18 Å². The number of anilines is 1. The minimum absolute atomic E-state index is 0.150. The van der Waals surface area contributed by atoms with E-state index in [2.05, 4.69) is 10.3 Å². The van der Waals surface area contributed by atoms with Crippen LogP contribution in [0.5, 0.6) is 0 Å². The minimum atomic E-state index is -0.504. The summed E-state index contributed by atoms with van der Waals surface area (Å²) in [6.07, 6.45) is 2.51. The van der Waals surface area contributed by atoms with Crippen molar-refractivity contribution in [2.24, 2.45) is 0 Å². The van der Waals surface area contributed by atoms with Crippen molar-refractivity contribution >= 4 is 63.3 Å². The van der Waals surface area contributed by atoms with E-state index in [1.807, 2.05) is 0 Å². The van der Waals surface area contributed by atoms with Gasteiger partial charge in [-0.3, -0.25) is 10.1 Å². The quantitative estimate of drug-likeness (QED) is 0.479. The zero-order valence-electron chi connectivity index (χ0n) is 13.0. The molecule has 8 heteroatoms. The van der Waals surface area contributed by atoms with Crippen LogP contribution >= 0.6 is 46.1 Å². The number of hydrogen-bond donors (Lipinski definition) is 1. The summed E-state index contributed by atoms with van der Waals surface area (Å²) in [7, 11) is 0. The average Bonchev–Trinajstić information content (AvgIpc) is 3.02. The van der Waals surface area contributed by atoms with Crippen molar-refractivity contribution in [1.29, 1.82) is 0 Å². The number of nitrogens with one attached hydrogen (secondary N) is 1. The highest BCUT2D eigenvalue weighted by Crippen LogP contribution is 2.32. The van der Waals surface area contributed by atoms with Gasteiger partial charge in [-0.2, -0.15) is 0 Å². The SMILES string of the molecule is O=C(C=Cc1c(F)cccc1Cl)Nc1nc(-c2ccc(Cl)cc2Cl)cs1. The van der Waals surface area contributed by atoms with Crippen molar-refractivity contribution in [3.8, 4) is 11.3 Å². The summed E-state index contributed by atoms with van der Waals surface area (Å²) in [6, 6.07) is 9.40. The van der Waals surface area contributed by atoms with Crippen LogP contribution in [0.2, 0.25) is 15.1 Å². The maximum absolute atomic E-state index is 13.7. The number of nitrogens with zero attached hydrogens (tertiary/aromatic N) is 1. The molecule has 132 valence electrons. The Morgan fingerprint density at radius 2 is 1.96 bits per heavy atom. The third-order valence-electron chi connectivity index (χ3n) is 3.34. The summed E-state index contributed by atoms with van der Waals surface area (Å²) in [4.78, 5) is 16.4. The molecule has 0 aliphatic carbocycles. The Balaban J connectivity index is 1.73. The van der Waals surface area contributed by atoms with E-state index in [1.54, 1.807) is 29.6 Å². The van der Waals surface area contributed by atoms with E-state index in [-0.39, 0.29) is 10.6 Å². The molecule has 0 radical (unpaired) electrons. The fraction of sp³-hybridized carbons (Fsp3) is 0. The van der Waals surface area contributed by atoms with Crippen LogP contribution in [0.25, 0.3) is 17.3 Å². The van der Waals surface area contributed by atoms with Gasteiger partial charge in [-0.1, -0.05) is 40.9 Å². The molecule has 3 nitrogen and oxygen atoms in total. The second-order valence-electron chi connectivity index (χ2n) is 5.12. The third kappa shape index (κ3) is 4.43. The van der Waals surface area contributed by atoms with E-state index < -0.39 is 11.7 Å². The largest absolute Gasteiger partial charge is 0.298 e. The van der Waals surface area contributed by atoms with Gasteiger partial charge in [0, 0.05) is 27.6 Å². The first-order valence-electron chi connectivity index (χ1n) is 7.28. The molecular weight excluding hydrogens is 418 g/mol. The lowest BCUT2D eigenvalue weighted by Crippen LogP contribution is -2.07. The van der Waals surface area contributed by atoms with Gasteiger partial charge < -0.3 is 0 Å². The summed E-state index contributed by atoms with van der Waals surface area (Å²) in [5.74, 6) is -0.956. The molecule has 1 heterocycles. The Kier molecular flexibility index (Phi) is 5.94. The minimum Gasteiger partial charge on any atom is -0.298 e. The zero-order chi connectivity index (χ0) is 18.7. The first-order valence-corrected chi connectivity index (χ1v) is 9.29. The lowest BCUT2D eigenvalue weighted by molar-refractivity contribution is -0.111. The maximum Gasteiger partial charge on any atom is 0.250 e. The van der Waals surface area contributed by atoms with Crippen molar-refractivity contribution in [2.45, 2.75) is 0 Å². The van der Waals surface area contributed by atoms with Crippen LogP contribution in [-0.4, -0.2) is 10.9 Å². The van der Waals surface area contributed by atoms with Crippen molar-refractivity contribution in [2.75, 3.05) is 5.32 Å². The Morgan fingerprint density at radius 3 is 2.69 bits per heavy atom. The predicted octanol–water partition coefficient (Wildman–Crippen LogP) is 6.56. The van der Waals surface area contributed by atoms with Crippen LogP contribution in [0.1, 0.15) is 5.56 Å². The van der Waals surface area contributed by atoms with Gasteiger partial charge in [0.25, 0.3) is 0 Å². The predicted molar refractivity (Wildman–Crippen MR) is 107 cm³/mol. The van der Waals surface area contributed by atoms with Gasteiger partial charge in [0.15, 0.2) is 5.13 Å². The number of benzene rings is 2. The van der Waals surface area contributed by atoms with Gasteiger partial charge in [-0.15, -0.1) is 11.3 Å². The van der Waals surface area contributed by atoms with Crippen molar-refractivity contribution in [3.05, 3.63) is 74.3 Å². The highest BCUT2D eigenvalue weighted by atomic mass is 35.5. The summed E-state index contributed by atoms with van der Waals surface area (Å²) in [5.41, 5.74) is 1.48. The average molecular weight is 428 g/mol. The van der Waals surface area contributed by atoms with Crippen LogP contribution in [0.15, 0.2) is 47.9 Å². The number of hydrogen-bond acceptors (Lipinski definition) is 3. The smallest absolute Gasteiger partial charge is 0.250 e. The molecule has 1 amide bonds. The highest BCUT2D eigenvalue weighted by molar-refractivity contribution is 7.14. The molecule has 0 aliphatic heterocycles. The van der Waals surface area contributed by atoms with Gasteiger partial charge in [-0.25, -0.2) is 9.37 Å². The molecule has 2 aromatic carbocycles. The molecule has 3 rings (SSSR count). The molecule has 0 atom stereocenters. The van der Waals surface area contributed by atoms with E-state index in [4.69, 9.17) is 34.8 Å². The Hall–Kier alpha value is -1.92. The lowest BCUT2D eigenvalue weighted by atomic mass is 10.2. The molecule has 0 saturated carbocycles. The number of aromatic nitrogens is 1. The first kappa shape index (κ1) is 18.9. The fourth-order valence-corrected chi connectivity index (χ4v) is 3.57. The topological polar surface area (TPSA) is 42.0 Å². The molecule has 1 N–H and O–H groups in total. The van der Waals surface area contributed by atoms with Crippen LogP contribution in [0, 0.1) is 5.82 Å². The van der Waals surface area contributed by atoms with E-state index in [0.717, 1.165) is 0 Å². The molecule has 0 aliphatic rings. The Labute approximate surface area is 168 Å². The monoisotopic (exact) mass is 426 g/mol. The number of rotatable bonds is 4. The second kappa shape index (κ2) is 8.18. The molecule has 0 spiro atoms. The fourth-order valence-electron chi connectivity index (χ4n) is 2.13. The Bertz CT molecular complexity index is 984. The number of amides is 1. The second-order valence-corrected chi connectivity index (χ2v) is 7.23. The summed E-state index contributed by atoms with van der Waals surface area (Å²) < 4.78 is 13.7. The van der Waals surface area contributed by atoms with Gasteiger partial charge in [-0.05, 0) is 36.4 Å². The summed E-state index contributed by atoms with van der Waals surface area (Å²) in [5, 5.41) is 5.99. The molecule has 3 aromatic rings. The van der Waals surface area contributed by atoms with Gasteiger partial charge in [0.1, 0.15) is 5.82 Å². The van der Waals surface area contributed by atoms with Crippen LogP contribution in [-0.2, 0) is 4.79 Å². The number of carbonyl (C=O) groups is 1. The van der Waals surface area contributed by atoms with Crippen LogP contribution in [0.4, 0.5) is 9.52 Å². The molecular formula is C18H10Cl3FN2OS. The molecule has 0 saturated heterocycles. The molecule has 0 bridgehead atoms. The molecule has 1 aromatic heterocycles. The molecule has 0 fully saturated rings. The zero-order valence-corrected chi connectivity index (χ0v) is 16.1. The maximum atomic E-state index is 13.7. The third-order valence-corrected chi connectivity index (χ3v) is 4.98. The summed E-state index contributed by atoms with van der Waals surface area (Å²) in [6.45, 7) is 0. The normalized spacial score (nSPS) is 11.1. The summed E-state index contributed by atoms with van der Waals surface area (Å²) >= 11 is 19.2. The van der Waals surface area contributed by atoms with E-state index in [0.29, 0.717) is 26.4 Å². The van der Waals surface area contributed by atoms with E-state index >= 15 is 0 Å². The first-order chi connectivity index (χ1) is 12.4. The van der Waals surface area contributed by atoms with Gasteiger partial charge in [0.05, 0.1) is 15.7 Å². The van der Waals surface area contributed by atoms with Gasteiger partial charge in [0.2, 0.25) is 5.91 Å².